The standard InChI is InChI=1S/C16H16FN3O2S/c1-20(8-10-7-11(17)3-4-13(10)22-2)9-14-18-15(21)12-5-6-23-16(12)19-14/h3-7H,8-9H2,1-2H3,(H,18,19,21). The van der Waals surface area contributed by atoms with E-state index in [-0.39, 0.29) is 11.4 Å². The normalized spacial score (nSPS) is 11.3. The summed E-state index contributed by atoms with van der Waals surface area (Å²) in [6, 6.07) is 6.19. The van der Waals surface area contributed by atoms with Crippen LogP contribution >= 0.6 is 11.3 Å². The van der Waals surface area contributed by atoms with Gasteiger partial charge in [-0.05, 0) is 36.7 Å². The zero-order valence-electron chi connectivity index (χ0n) is 12.8. The Hall–Kier alpha value is -2.25. The van der Waals surface area contributed by atoms with Crippen molar-refractivity contribution in [1.29, 1.82) is 0 Å². The Morgan fingerprint density at radius 3 is 2.96 bits per heavy atom. The maximum Gasteiger partial charge on any atom is 0.259 e. The number of hydrogen-bond donors (Lipinski definition) is 1. The summed E-state index contributed by atoms with van der Waals surface area (Å²) in [5.74, 6) is 0.914. The zero-order chi connectivity index (χ0) is 16.4. The maximum atomic E-state index is 13.4. The molecule has 0 amide bonds. The van der Waals surface area contributed by atoms with Crippen molar-refractivity contribution in [3.63, 3.8) is 0 Å². The summed E-state index contributed by atoms with van der Waals surface area (Å²) >= 11 is 1.44. The fourth-order valence-corrected chi connectivity index (χ4v) is 3.24. The third-order valence-electron chi connectivity index (χ3n) is 3.49. The summed E-state index contributed by atoms with van der Waals surface area (Å²) in [6.45, 7) is 0.926. The number of thiophene rings is 1. The minimum absolute atomic E-state index is 0.136. The van der Waals surface area contributed by atoms with Crippen LogP contribution in [0.2, 0.25) is 0 Å². The van der Waals surface area contributed by atoms with E-state index in [0.717, 1.165) is 10.4 Å². The SMILES string of the molecule is COc1ccc(F)cc1CN(C)Cc1nc2sccc2c(=O)[nH]1. The summed E-state index contributed by atoms with van der Waals surface area (Å²) in [4.78, 5) is 21.9. The molecular formula is C16H16FN3O2S. The molecule has 2 heterocycles. The molecule has 0 radical (unpaired) electrons. The number of halogens is 1. The van der Waals surface area contributed by atoms with Crippen molar-refractivity contribution in [2.45, 2.75) is 13.1 Å². The largest absolute Gasteiger partial charge is 0.496 e. The summed E-state index contributed by atoms with van der Waals surface area (Å²) in [5, 5.41) is 2.45. The van der Waals surface area contributed by atoms with Gasteiger partial charge in [-0.25, -0.2) is 9.37 Å². The number of rotatable bonds is 5. The molecule has 0 fully saturated rings. The highest BCUT2D eigenvalue weighted by atomic mass is 32.1. The first-order valence-electron chi connectivity index (χ1n) is 7.04. The average Bonchev–Trinajstić information content (AvgIpc) is 2.96. The lowest BCUT2D eigenvalue weighted by molar-refractivity contribution is 0.302. The van der Waals surface area contributed by atoms with E-state index in [0.29, 0.717) is 30.0 Å². The van der Waals surface area contributed by atoms with Gasteiger partial charge in [0.25, 0.3) is 5.56 Å². The van der Waals surface area contributed by atoms with Gasteiger partial charge in [-0.2, -0.15) is 0 Å². The molecule has 0 saturated heterocycles. The van der Waals surface area contributed by atoms with Crippen LogP contribution in [0.4, 0.5) is 4.39 Å². The fraction of sp³-hybridized carbons (Fsp3) is 0.250. The number of ether oxygens (including phenoxy) is 1. The van der Waals surface area contributed by atoms with Gasteiger partial charge < -0.3 is 9.72 Å². The smallest absolute Gasteiger partial charge is 0.259 e. The monoisotopic (exact) mass is 333 g/mol. The number of aromatic nitrogens is 2. The Morgan fingerprint density at radius 2 is 2.17 bits per heavy atom. The molecule has 0 aliphatic carbocycles. The summed E-state index contributed by atoms with van der Waals surface area (Å²) < 4.78 is 18.7. The molecule has 0 spiro atoms. The molecule has 3 rings (SSSR count). The van der Waals surface area contributed by atoms with E-state index in [1.165, 1.54) is 23.5 Å². The van der Waals surface area contributed by atoms with E-state index in [1.54, 1.807) is 19.2 Å². The average molecular weight is 333 g/mol. The van der Waals surface area contributed by atoms with Crippen molar-refractivity contribution in [2.75, 3.05) is 14.2 Å². The highest BCUT2D eigenvalue weighted by Gasteiger charge is 2.11. The van der Waals surface area contributed by atoms with E-state index >= 15 is 0 Å². The van der Waals surface area contributed by atoms with Gasteiger partial charge in [-0.15, -0.1) is 11.3 Å². The van der Waals surface area contributed by atoms with E-state index < -0.39 is 0 Å². The van der Waals surface area contributed by atoms with E-state index in [1.807, 2.05) is 17.3 Å². The molecule has 23 heavy (non-hydrogen) atoms. The second-order valence-corrected chi connectivity index (χ2v) is 6.18. The van der Waals surface area contributed by atoms with Gasteiger partial charge in [-0.1, -0.05) is 0 Å². The topological polar surface area (TPSA) is 58.2 Å². The van der Waals surface area contributed by atoms with Crippen LogP contribution in [-0.4, -0.2) is 29.0 Å². The summed E-state index contributed by atoms with van der Waals surface area (Å²) in [6.07, 6.45) is 0. The molecular weight excluding hydrogens is 317 g/mol. The zero-order valence-corrected chi connectivity index (χ0v) is 13.6. The number of benzene rings is 1. The highest BCUT2D eigenvalue weighted by Crippen LogP contribution is 2.21. The van der Waals surface area contributed by atoms with Crippen molar-refractivity contribution in [3.8, 4) is 5.75 Å². The second-order valence-electron chi connectivity index (χ2n) is 5.28. The molecule has 0 aliphatic heterocycles. The van der Waals surface area contributed by atoms with Crippen LogP contribution < -0.4 is 10.3 Å². The van der Waals surface area contributed by atoms with Crippen molar-refractivity contribution < 1.29 is 9.13 Å². The van der Waals surface area contributed by atoms with E-state index in [4.69, 9.17) is 4.74 Å². The maximum absolute atomic E-state index is 13.4. The molecule has 1 aromatic carbocycles. The summed E-state index contributed by atoms with van der Waals surface area (Å²) in [5.41, 5.74) is 0.609. The predicted octanol–water partition coefficient (Wildman–Crippen LogP) is 2.76. The minimum Gasteiger partial charge on any atom is -0.496 e. The molecule has 0 saturated carbocycles. The molecule has 0 bridgehead atoms. The molecule has 0 aliphatic rings. The lowest BCUT2D eigenvalue weighted by Gasteiger charge is -2.18. The first-order valence-corrected chi connectivity index (χ1v) is 7.92. The Kier molecular flexibility index (Phi) is 4.40. The van der Waals surface area contributed by atoms with Gasteiger partial charge in [0.2, 0.25) is 0 Å². The molecule has 1 N–H and O–H groups in total. The molecule has 3 aromatic rings. The Bertz CT molecular complexity index is 890. The number of nitrogens with zero attached hydrogens (tertiary/aromatic N) is 2. The van der Waals surface area contributed by atoms with Gasteiger partial charge in [0.1, 0.15) is 22.2 Å². The van der Waals surface area contributed by atoms with Crippen LogP contribution in [0.3, 0.4) is 0 Å². The molecule has 120 valence electrons. The molecule has 7 heteroatoms. The van der Waals surface area contributed by atoms with Gasteiger partial charge in [-0.3, -0.25) is 9.69 Å². The third-order valence-corrected chi connectivity index (χ3v) is 4.29. The number of hydrogen-bond acceptors (Lipinski definition) is 5. The van der Waals surface area contributed by atoms with Gasteiger partial charge in [0, 0.05) is 12.1 Å². The van der Waals surface area contributed by atoms with Gasteiger partial charge in [0.15, 0.2) is 0 Å². The van der Waals surface area contributed by atoms with Crippen LogP contribution in [0, 0.1) is 5.82 Å². The predicted molar refractivity (Wildman–Crippen MR) is 88.4 cm³/mol. The van der Waals surface area contributed by atoms with Crippen molar-refractivity contribution in [1.82, 2.24) is 14.9 Å². The molecule has 0 atom stereocenters. The third kappa shape index (κ3) is 3.40. The Labute approximate surface area is 136 Å². The molecule has 5 nitrogen and oxygen atoms in total. The van der Waals surface area contributed by atoms with Crippen LogP contribution in [0.5, 0.6) is 5.75 Å². The van der Waals surface area contributed by atoms with Gasteiger partial charge >= 0.3 is 0 Å². The lowest BCUT2D eigenvalue weighted by Crippen LogP contribution is -2.21. The van der Waals surface area contributed by atoms with Crippen molar-refractivity contribution in [2.24, 2.45) is 0 Å². The second kappa shape index (κ2) is 6.47. The number of fused-ring (bicyclic) bond motifs is 1. The van der Waals surface area contributed by atoms with E-state index in [9.17, 15) is 9.18 Å². The highest BCUT2D eigenvalue weighted by molar-refractivity contribution is 7.16. The number of H-pyrrole nitrogens is 1. The van der Waals surface area contributed by atoms with Crippen molar-refractivity contribution >= 4 is 21.6 Å². The van der Waals surface area contributed by atoms with Crippen molar-refractivity contribution in [3.05, 3.63) is 57.2 Å². The summed E-state index contributed by atoms with van der Waals surface area (Å²) in [7, 11) is 3.43. The van der Waals surface area contributed by atoms with Crippen LogP contribution in [0.15, 0.2) is 34.4 Å². The molecule has 2 aromatic heterocycles. The number of nitrogens with one attached hydrogen (secondary N) is 1. The van der Waals surface area contributed by atoms with Crippen LogP contribution in [-0.2, 0) is 13.1 Å². The fourth-order valence-electron chi connectivity index (χ4n) is 2.46. The Balaban J connectivity index is 1.79. The lowest BCUT2D eigenvalue weighted by atomic mass is 10.2. The molecule has 0 unspecified atom stereocenters. The minimum atomic E-state index is -0.305. The Morgan fingerprint density at radius 1 is 1.35 bits per heavy atom. The first kappa shape index (κ1) is 15.6. The van der Waals surface area contributed by atoms with E-state index in [2.05, 4.69) is 9.97 Å². The quantitative estimate of drug-likeness (QED) is 0.780. The van der Waals surface area contributed by atoms with Gasteiger partial charge in [0.05, 0.1) is 19.0 Å². The van der Waals surface area contributed by atoms with Crippen LogP contribution in [0.1, 0.15) is 11.4 Å². The number of aromatic amines is 1. The van der Waals surface area contributed by atoms with Crippen LogP contribution in [0.25, 0.3) is 10.2 Å². The first-order chi connectivity index (χ1) is 11.1. The number of methoxy groups -OCH3 is 1.